The number of anilines is 1. The summed E-state index contributed by atoms with van der Waals surface area (Å²) in [4.78, 5) is 8.57. The minimum Gasteiger partial charge on any atom is -0.437 e. The third kappa shape index (κ3) is 3.52. The number of halogens is 2. The monoisotopic (exact) mass is 311 g/mol. The Hall–Kier alpha value is -1.52. The molecule has 0 aliphatic rings. The Morgan fingerprint density at radius 1 is 1.10 bits per heavy atom. The van der Waals surface area contributed by atoms with Gasteiger partial charge in [0, 0.05) is 22.6 Å². The average molecular weight is 312 g/mol. The van der Waals surface area contributed by atoms with Crippen LogP contribution in [-0.4, -0.2) is 9.97 Å². The molecule has 0 spiro atoms. The summed E-state index contributed by atoms with van der Waals surface area (Å²) in [5.41, 5.74) is 5.56. The Labute approximate surface area is 127 Å². The summed E-state index contributed by atoms with van der Waals surface area (Å²) in [5, 5.41) is 0.978. The van der Waals surface area contributed by atoms with E-state index in [-0.39, 0.29) is 5.41 Å². The maximum Gasteiger partial charge on any atom is 0.224 e. The number of hydrogen-bond donors (Lipinski definition) is 1. The largest absolute Gasteiger partial charge is 0.437 e. The van der Waals surface area contributed by atoms with Crippen molar-refractivity contribution >= 4 is 29.0 Å². The Balaban J connectivity index is 2.39. The molecule has 0 aliphatic heterocycles. The van der Waals surface area contributed by atoms with E-state index in [1.807, 2.05) is 20.8 Å². The zero-order valence-corrected chi connectivity index (χ0v) is 13.0. The van der Waals surface area contributed by atoms with Crippen molar-refractivity contribution in [3.63, 3.8) is 0 Å². The molecule has 0 aliphatic carbocycles. The molecule has 0 radical (unpaired) electrons. The average Bonchev–Trinajstić information content (AvgIpc) is 2.32. The van der Waals surface area contributed by atoms with Crippen LogP contribution in [0.5, 0.6) is 11.6 Å². The Morgan fingerprint density at radius 2 is 1.80 bits per heavy atom. The molecule has 0 unspecified atom stereocenters. The van der Waals surface area contributed by atoms with Gasteiger partial charge in [-0.2, -0.15) is 4.98 Å². The minimum absolute atomic E-state index is 0.231. The smallest absolute Gasteiger partial charge is 0.224 e. The van der Waals surface area contributed by atoms with E-state index < -0.39 is 0 Å². The third-order valence-electron chi connectivity index (χ3n) is 2.50. The second kappa shape index (κ2) is 5.46. The molecule has 1 aromatic carbocycles. The number of aromatic nitrogens is 2. The minimum atomic E-state index is -0.231. The maximum absolute atomic E-state index is 6.06. The number of ether oxygens (including phenoxy) is 1. The van der Waals surface area contributed by atoms with Gasteiger partial charge in [-0.3, -0.25) is 0 Å². The van der Waals surface area contributed by atoms with Crippen molar-refractivity contribution in [2.75, 3.05) is 5.73 Å². The van der Waals surface area contributed by atoms with Crippen LogP contribution in [-0.2, 0) is 5.41 Å². The van der Waals surface area contributed by atoms with Gasteiger partial charge in [-0.15, -0.1) is 0 Å². The molecule has 20 heavy (non-hydrogen) atoms. The van der Waals surface area contributed by atoms with Gasteiger partial charge in [-0.25, -0.2) is 4.98 Å². The molecule has 0 atom stereocenters. The van der Waals surface area contributed by atoms with E-state index in [0.29, 0.717) is 33.3 Å². The fourth-order valence-corrected chi connectivity index (χ4v) is 1.82. The molecule has 2 aromatic rings. The van der Waals surface area contributed by atoms with Gasteiger partial charge < -0.3 is 10.5 Å². The molecule has 0 bridgehead atoms. The summed E-state index contributed by atoms with van der Waals surface area (Å²) in [5.74, 6) is 1.72. The second-order valence-corrected chi connectivity index (χ2v) is 6.23. The first-order valence-electron chi connectivity index (χ1n) is 6.03. The van der Waals surface area contributed by atoms with E-state index in [4.69, 9.17) is 33.7 Å². The van der Waals surface area contributed by atoms with Crippen LogP contribution in [0.2, 0.25) is 10.0 Å². The lowest BCUT2D eigenvalue weighted by Crippen LogP contribution is -2.17. The number of hydrogen-bond acceptors (Lipinski definition) is 4. The lowest BCUT2D eigenvalue weighted by molar-refractivity contribution is 0.447. The lowest BCUT2D eigenvalue weighted by atomic mass is 9.96. The molecule has 0 amide bonds. The Bertz CT molecular complexity index is 639. The number of nitrogens with zero attached hydrogens (tertiary/aromatic N) is 2. The number of benzene rings is 1. The van der Waals surface area contributed by atoms with Crippen molar-refractivity contribution in [3.05, 3.63) is 40.1 Å². The van der Waals surface area contributed by atoms with Gasteiger partial charge in [-0.1, -0.05) is 44.0 Å². The zero-order valence-electron chi connectivity index (χ0n) is 11.4. The predicted octanol–water partition coefficient (Wildman–Crippen LogP) is 4.46. The van der Waals surface area contributed by atoms with Gasteiger partial charge in [-0.05, 0) is 12.1 Å². The topological polar surface area (TPSA) is 61.0 Å². The highest BCUT2D eigenvalue weighted by Crippen LogP contribution is 2.32. The van der Waals surface area contributed by atoms with Crippen molar-refractivity contribution in [1.82, 2.24) is 9.97 Å². The molecule has 106 valence electrons. The normalized spacial score (nSPS) is 11.4. The molecular formula is C14H15Cl2N3O. The fourth-order valence-electron chi connectivity index (χ4n) is 1.50. The van der Waals surface area contributed by atoms with E-state index >= 15 is 0 Å². The number of nitrogens with two attached hydrogens (primary N) is 1. The van der Waals surface area contributed by atoms with Crippen molar-refractivity contribution in [2.45, 2.75) is 26.2 Å². The van der Waals surface area contributed by atoms with Crippen molar-refractivity contribution < 1.29 is 4.74 Å². The van der Waals surface area contributed by atoms with E-state index in [2.05, 4.69) is 9.97 Å². The first-order valence-corrected chi connectivity index (χ1v) is 6.79. The van der Waals surface area contributed by atoms with Crippen LogP contribution >= 0.6 is 23.2 Å². The zero-order chi connectivity index (χ0) is 14.9. The predicted molar refractivity (Wildman–Crippen MR) is 81.7 cm³/mol. The Kier molecular flexibility index (Phi) is 4.06. The summed E-state index contributed by atoms with van der Waals surface area (Å²) >= 11 is 12.0. The van der Waals surface area contributed by atoms with Crippen molar-refractivity contribution in [3.8, 4) is 11.6 Å². The third-order valence-corrected chi connectivity index (χ3v) is 3.05. The summed E-state index contributed by atoms with van der Waals surface area (Å²) in [6.07, 6.45) is 0. The Morgan fingerprint density at radius 3 is 2.45 bits per heavy atom. The molecule has 4 nitrogen and oxygen atoms in total. The van der Waals surface area contributed by atoms with E-state index in [0.717, 1.165) is 0 Å². The van der Waals surface area contributed by atoms with Crippen LogP contribution in [0.1, 0.15) is 26.6 Å². The first-order chi connectivity index (χ1) is 9.25. The number of rotatable bonds is 2. The van der Waals surface area contributed by atoms with E-state index in [9.17, 15) is 0 Å². The molecule has 0 saturated carbocycles. The van der Waals surface area contributed by atoms with Crippen LogP contribution in [0.25, 0.3) is 0 Å². The quantitative estimate of drug-likeness (QED) is 0.889. The van der Waals surface area contributed by atoms with Crippen molar-refractivity contribution in [2.24, 2.45) is 0 Å². The summed E-state index contributed by atoms with van der Waals surface area (Å²) in [7, 11) is 0. The van der Waals surface area contributed by atoms with Gasteiger partial charge in [0.05, 0.1) is 5.02 Å². The van der Waals surface area contributed by atoms with E-state index in [1.165, 1.54) is 0 Å². The lowest BCUT2D eigenvalue weighted by Gasteiger charge is -2.17. The first kappa shape index (κ1) is 14.9. The van der Waals surface area contributed by atoms with Gasteiger partial charge in [0.15, 0.2) is 0 Å². The van der Waals surface area contributed by atoms with Crippen LogP contribution in [0.3, 0.4) is 0 Å². The fraction of sp³-hybridized carbons (Fsp3) is 0.286. The maximum atomic E-state index is 6.06. The second-order valence-electron chi connectivity index (χ2n) is 5.38. The molecule has 2 N–H and O–H groups in total. The standard InChI is InChI=1S/C14H15Cl2N3O/c1-14(2,3)13-18-11(17)7-12(19-13)20-10-6-8(15)4-5-9(10)16/h4-7H,1-3H3,(H2,17,18,19). The molecule has 6 heteroatoms. The van der Waals surface area contributed by atoms with Gasteiger partial charge in [0.25, 0.3) is 0 Å². The highest BCUT2D eigenvalue weighted by molar-refractivity contribution is 6.34. The van der Waals surface area contributed by atoms with E-state index in [1.54, 1.807) is 24.3 Å². The van der Waals surface area contributed by atoms with Gasteiger partial charge in [0.2, 0.25) is 5.88 Å². The summed E-state index contributed by atoms with van der Waals surface area (Å²) in [6.45, 7) is 5.99. The highest BCUT2D eigenvalue weighted by atomic mass is 35.5. The summed E-state index contributed by atoms with van der Waals surface area (Å²) in [6, 6.07) is 6.52. The molecule has 0 fully saturated rings. The molecule has 1 aromatic heterocycles. The SMILES string of the molecule is CC(C)(C)c1nc(N)cc(Oc2cc(Cl)ccc2Cl)n1. The molecule has 1 heterocycles. The van der Waals surface area contributed by atoms with Crippen LogP contribution in [0, 0.1) is 0 Å². The van der Waals surface area contributed by atoms with Crippen molar-refractivity contribution in [1.29, 1.82) is 0 Å². The molecular weight excluding hydrogens is 297 g/mol. The van der Waals surface area contributed by atoms with Crippen LogP contribution in [0.4, 0.5) is 5.82 Å². The van der Waals surface area contributed by atoms with Gasteiger partial charge in [0.1, 0.15) is 17.4 Å². The number of nitrogen functional groups attached to an aromatic ring is 1. The highest BCUT2D eigenvalue weighted by Gasteiger charge is 2.19. The molecule has 2 rings (SSSR count). The molecule has 0 saturated heterocycles. The van der Waals surface area contributed by atoms with Gasteiger partial charge >= 0.3 is 0 Å². The summed E-state index contributed by atoms with van der Waals surface area (Å²) < 4.78 is 5.66. The van der Waals surface area contributed by atoms with Crippen LogP contribution < -0.4 is 10.5 Å². The van der Waals surface area contributed by atoms with Crippen LogP contribution in [0.15, 0.2) is 24.3 Å².